The normalized spacial score (nSPS) is 17.5. The van der Waals surface area contributed by atoms with Crippen molar-refractivity contribution in [1.82, 2.24) is 0 Å². The Morgan fingerprint density at radius 2 is 2.20 bits per heavy atom. The molecule has 0 bridgehead atoms. The first-order valence-electron chi connectivity index (χ1n) is 4.71. The van der Waals surface area contributed by atoms with Gasteiger partial charge in [-0.25, -0.2) is 4.39 Å². The van der Waals surface area contributed by atoms with Gasteiger partial charge in [-0.1, -0.05) is 12.1 Å². The molecule has 0 atom stereocenters. The minimum atomic E-state index is -0.779. The monoisotopic (exact) mass is 272 g/mol. The third kappa shape index (κ3) is 1.91. The molecule has 0 radical (unpaired) electrons. The van der Waals surface area contributed by atoms with Crippen molar-refractivity contribution in [3.63, 3.8) is 0 Å². The Bertz CT molecular complexity index is 413. The highest BCUT2D eigenvalue weighted by atomic mass is 79.9. The predicted octanol–water partition coefficient (Wildman–Crippen LogP) is 3.00. The first-order valence-corrected chi connectivity index (χ1v) is 5.51. The summed E-state index contributed by atoms with van der Waals surface area (Å²) in [5, 5.41) is 9.02. The summed E-state index contributed by atoms with van der Waals surface area (Å²) in [5.41, 5.74) is 0.0888. The molecule has 1 saturated carbocycles. The van der Waals surface area contributed by atoms with Gasteiger partial charge in [0.1, 0.15) is 5.82 Å². The molecule has 0 heterocycles. The largest absolute Gasteiger partial charge is 0.481 e. The van der Waals surface area contributed by atoms with E-state index < -0.39 is 11.4 Å². The quantitative estimate of drug-likeness (QED) is 0.919. The molecular formula is C11H10BrFO2. The summed E-state index contributed by atoms with van der Waals surface area (Å²) >= 11 is 3.14. The summed E-state index contributed by atoms with van der Waals surface area (Å²) in [4.78, 5) is 11.0. The highest BCUT2D eigenvalue weighted by molar-refractivity contribution is 9.10. The lowest BCUT2D eigenvalue weighted by Gasteiger charge is -2.11. The second-order valence-corrected chi connectivity index (χ2v) is 4.77. The number of hydrogen-bond acceptors (Lipinski definition) is 1. The van der Waals surface area contributed by atoms with Crippen LogP contribution in [-0.4, -0.2) is 11.1 Å². The molecule has 0 spiro atoms. The van der Waals surface area contributed by atoms with Crippen molar-refractivity contribution in [3.8, 4) is 0 Å². The highest BCUT2D eigenvalue weighted by Crippen LogP contribution is 2.49. The average molecular weight is 273 g/mol. The Labute approximate surface area is 95.2 Å². The standard InChI is InChI=1S/C11H10BrFO2/c12-9-7(2-1-3-8(9)13)6-11(4-5-11)10(14)15/h1-3H,4-6H2,(H,14,15). The summed E-state index contributed by atoms with van der Waals surface area (Å²) in [5.74, 6) is -1.12. The van der Waals surface area contributed by atoms with Gasteiger partial charge < -0.3 is 5.11 Å². The zero-order valence-electron chi connectivity index (χ0n) is 7.96. The van der Waals surface area contributed by atoms with Crippen LogP contribution in [0.3, 0.4) is 0 Å². The molecule has 0 amide bonds. The molecule has 15 heavy (non-hydrogen) atoms. The van der Waals surface area contributed by atoms with Crippen LogP contribution in [0, 0.1) is 11.2 Å². The Hall–Kier alpha value is -0.900. The van der Waals surface area contributed by atoms with Crippen molar-refractivity contribution < 1.29 is 14.3 Å². The predicted molar refractivity (Wildman–Crippen MR) is 57.1 cm³/mol. The Morgan fingerprint density at radius 1 is 1.53 bits per heavy atom. The van der Waals surface area contributed by atoms with Crippen LogP contribution >= 0.6 is 15.9 Å². The third-order valence-electron chi connectivity index (χ3n) is 2.87. The number of aliphatic carboxylic acids is 1. The molecular weight excluding hydrogens is 263 g/mol. The number of halogens is 2. The van der Waals surface area contributed by atoms with E-state index in [0.717, 1.165) is 5.56 Å². The van der Waals surface area contributed by atoms with Gasteiger partial charge in [0.2, 0.25) is 0 Å². The number of carbonyl (C=O) groups is 1. The van der Waals surface area contributed by atoms with Gasteiger partial charge in [-0.3, -0.25) is 4.79 Å². The van der Waals surface area contributed by atoms with Gasteiger partial charge in [0, 0.05) is 0 Å². The second kappa shape index (κ2) is 3.59. The van der Waals surface area contributed by atoms with Crippen LogP contribution in [-0.2, 0) is 11.2 Å². The van der Waals surface area contributed by atoms with Gasteiger partial charge in [-0.15, -0.1) is 0 Å². The van der Waals surface area contributed by atoms with Crippen molar-refractivity contribution >= 4 is 21.9 Å². The molecule has 1 aromatic carbocycles. The van der Waals surface area contributed by atoms with Crippen molar-refractivity contribution in [2.75, 3.05) is 0 Å². The van der Waals surface area contributed by atoms with E-state index >= 15 is 0 Å². The van der Waals surface area contributed by atoms with Gasteiger partial charge in [0.05, 0.1) is 9.89 Å². The molecule has 0 unspecified atom stereocenters. The molecule has 1 N–H and O–H groups in total. The molecule has 1 aliphatic carbocycles. The molecule has 1 aromatic rings. The number of benzene rings is 1. The molecule has 0 saturated heterocycles. The molecule has 4 heteroatoms. The lowest BCUT2D eigenvalue weighted by molar-refractivity contribution is -0.143. The molecule has 80 valence electrons. The van der Waals surface area contributed by atoms with Crippen LogP contribution in [0.5, 0.6) is 0 Å². The van der Waals surface area contributed by atoms with Crippen LogP contribution in [0.15, 0.2) is 22.7 Å². The number of rotatable bonds is 3. The van der Waals surface area contributed by atoms with Crippen LogP contribution in [0.4, 0.5) is 4.39 Å². The van der Waals surface area contributed by atoms with Crippen molar-refractivity contribution in [1.29, 1.82) is 0 Å². The molecule has 1 aliphatic rings. The molecule has 2 nitrogen and oxygen atoms in total. The maximum absolute atomic E-state index is 13.2. The van der Waals surface area contributed by atoms with Crippen LogP contribution in [0.25, 0.3) is 0 Å². The first-order chi connectivity index (χ1) is 7.05. The van der Waals surface area contributed by atoms with E-state index in [9.17, 15) is 9.18 Å². The summed E-state index contributed by atoms with van der Waals surface area (Å²) in [6.07, 6.45) is 1.78. The van der Waals surface area contributed by atoms with E-state index in [0.29, 0.717) is 23.7 Å². The van der Waals surface area contributed by atoms with E-state index in [1.54, 1.807) is 12.1 Å². The molecule has 0 aliphatic heterocycles. The highest BCUT2D eigenvalue weighted by Gasteiger charge is 2.50. The molecule has 2 rings (SSSR count). The molecule has 1 fully saturated rings. The molecule has 0 aromatic heterocycles. The van der Waals surface area contributed by atoms with Crippen molar-refractivity contribution in [2.24, 2.45) is 5.41 Å². The second-order valence-electron chi connectivity index (χ2n) is 3.98. The zero-order valence-corrected chi connectivity index (χ0v) is 9.55. The minimum Gasteiger partial charge on any atom is -0.481 e. The summed E-state index contributed by atoms with van der Waals surface area (Å²) < 4.78 is 13.6. The van der Waals surface area contributed by atoms with Gasteiger partial charge in [0.15, 0.2) is 0 Å². The number of carboxylic acid groups (broad SMARTS) is 1. The van der Waals surface area contributed by atoms with Crippen molar-refractivity contribution in [3.05, 3.63) is 34.1 Å². The topological polar surface area (TPSA) is 37.3 Å². The fourth-order valence-corrected chi connectivity index (χ4v) is 2.07. The average Bonchev–Trinajstić information content (AvgIpc) is 2.94. The lowest BCUT2D eigenvalue weighted by atomic mass is 9.97. The SMILES string of the molecule is O=C(O)C1(Cc2cccc(F)c2Br)CC1. The maximum atomic E-state index is 13.2. The summed E-state index contributed by atoms with van der Waals surface area (Å²) in [7, 11) is 0. The minimum absolute atomic E-state index is 0.339. The smallest absolute Gasteiger partial charge is 0.309 e. The maximum Gasteiger partial charge on any atom is 0.309 e. The summed E-state index contributed by atoms with van der Waals surface area (Å²) in [6.45, 7) is 0. The fraction of sp³-hybridized carbons (Fsp3) is 0.364. The van der Waals surface area contributed by atoms with E-state index in [1.807, 2.05) is 0 Å². The third-order valence-corrected chi connectivity index (χ3v) is 3.76. The van der Waals surface area contributed by atoms with E-state index in [4.69, 9.17) is 5.11 Å². The Morgan fingerprint density at radius 3 is 2.73 bits per heavy atom. The first kappa shape index (κ1) is 10.6. The lowest BCUT2D eigenvalue weighted by Crippen LogP contribution is -2.17. The van der Waals surface area contributed by atoms with Gasteiger partial charge in [-0.05, 0) is 46.8 Å². The summed E-state index contributed by atoms with van der Waals surface area (Å²) in [6, 6.07) is 4.72. The van der Waals surface area contributed by atoms with Gasteiger partial charge >= 0.3 is 5.97 Å². The van der Waals surface area contributed by atoms with Crippen LogP contribution < -0.4 is 0 Å². The van der Waals surface area contributed by atoms with Gasteiger partial charge in [0.25, 0.3) is 0 Å². The van der Waals surface area contributed by atoms with E-state index in [-0.39, 0.29) is 5.82 Å². The Balaban J connectivity index is 2.25. The fourth-order valence-electron chi connectivity index (χ4n) is 1.67. The number of carboxylic acids is 1. The van der Waals surface area contributed by atoms with E-state index in [2.05, 4.69) is 15.9 Å². The van der Waals surface area contributed by atoms with Crippen LogP contribution in [0.1, 0.15) is 18.4 Å². The number of hydrogen-bond donors (Lipinski definition) is 1. The van der Waals surface area contributed by atoms with Crippen molar-refractivity contribution in [2.45, 2.75) is 19.3 Å². The van der Waals surface area contributed by atoms with Gasteiger partial charge in [-0.2, -0.15) is 0 Å². The zero-order chi connectivity index (χ0) is 11.1. The van der Waals surface area contributed by atoms with E-state index in [1.165, 1.54) is 6.07 Å². The van der Waals surface area contributed by atoms with Crippen LogP contribution in [0.2, 0.25) is 0 Å². The Kier molecular flexibility index (Phi) is 2.54.